The van der Waals surface area contributed by atoms with E-state index in [1.807, 2.05) is 13.0 Å². The number of carbonyl (C=O) groups excluding carboxylic acids is 1. The van der Waals surface area contributed by atoms with Crippen molar-refractivity contribution < 1.29 is 14.6 Å². The zero-order valence-corrected chi connectivity index (χ0v) is 16.8. The molecule has 2 aliphatic rings. The molecule has 0 bridgehead atoms. The number of hydrogen-bond donors (Lipinski definition) is 2. The van der Waals surface area contributed by atoms with E-state index < -0.39 is 6.10 Å². The van der Waals surface area contributed by atoms with E-state index in [2.05, 4.69) is 25.1 Å². The van der Waals surface area contributed by atoms with Crippen molar-refractivity contribution in [2.45, 2.75) is 44.8 Å². The van der Waals surface area contributed by atoms with Crippen LogP contribution in [0.1, 0.15) is 32.6 Å². The molecule has 8 heteroatoms. The van der Waals surface area contributed by atoms with E-state index in [1.54, 1.807) is 12.5 Å². The molecule has 1 aromatic rings. The molecule has 0 amide bonds. The third-order valence-electron chi connectivity index (χ3n) is 5.69. The molecule has 28 heavy (non-hydrogen) atoms. The van der Waals surface area contributed by atoms with Crippen molar-refractivity contribution in [2.75, 3.05) is 50.8 Å². The second-order valence-corrected chi connectivity index (χ2v) is 7.68. The molecule has 0 saturated carbocycles. The molecule has 2 fully saturated rings. The molecule has 0 aliphatic carbocycles. The highest BCUT2D eigenvalue weighted by Crippen LogP contribution is 2.21. The average molecular weight is 392 g/mol. The van der Waals surface area contributed by atoms with Gasteiger partial charge in [-0.2, -0.15) is 0 Å². The smallest absolute Gasteiger partial charge is 0.309 e. The first kappa shape index (κ1) is 21.0. The van der Waals surface area contributed by atoms with E-state index in [9.17, 15) is 9.90 Å². The van der Waals surface area contributed by atoms with Crippen LogP contribution < -0.4 is 10.2 Å². The van der Waals surface area contributed by atoms with Crippen LogP contribution in [0.3, 0.4) is 0 Å². The molecule has 3 heterocycles. The molecule has 0 radical (unpaired) electrons. The first-order valence-corrected chi connectivity index (χ1v) is 10.5. The maximum atomic E-state index is 11.9. The minimum absolute atomic E-state index is 0.000555. The SMILES string of the molecule is CCOC(=O)C1CCN(CC(O)CN(c2ccncn2)C2CCNCC2)CC1. The molecule has 1 unspecified atom stereocenters. The van der Waals surface area contributed by atoms with Crippen molar-refractivity contribution in [2.24, 2.45) is 5.92 Å². The van der Waals surface area contributed by atoms with Crippen molar-refractivity contribution in [3.8, 4) is 0 Å². The first-order valence-electron chi connectivity index (χ1n) is 10.5. The third-order valence-corrected chi connectivity index (χ3v) is 5.69. The topological polar surface area (TPSA) is 90.8 Å². The highest BCUT2D eigenvalue weighted by Gasteiger charge is 2.29. The number of aromatic nitrogens is 2. The predicted molar refractivity (Wildman–Crippen MR) is 107 cm³/mol. The van der Waals surface area contributed by atoms with Gasteiger partial charge in [-0.3, -0.25) is 4.79 Å². The van der Waals surface area contributed by atoms with Crippen LogP contribution in [0.25, 0.3) is 0 Å². The van der Waals surface area contributed by atoms with Gasteiger partial charge >= 0.3 is 5.97 Å². The maximum Gasteiger partial charge on any atom is 0.309 e. The normalized spacial score (nSPS) is 20.6. The number of hydrogen-bond acceptors (Lipinski definition) is 8. The van der Waals surface area contributed by atoms with E-state index in [1.165, 1.54) is 0 Å². The maximum absolute atomic E-state index is 11.9. The minimum atomic E-state index is -0.469. The van der Waals surface area contributed by atoms with Gasteiger partial charge in [-0.05, 0) is 64.9 Å². The second kappa shape index (κ2) is 10.7. The average Bonchev–Trinajstić information content (AvgIpc) is 2.74. The van der Waals surface area contributed by atoms with Crippen molar-refractivity contribution in [1.29, 1.82) is 0 Å². The van der Waals surface area contributed by atoms with Crippen LogP contribution in [0.2, 0.25) is 0 Å². The number of rotatable bonds is 8. The third kappa shape index (κ3) is 5.86. The Bertz CT molecular complexity index is 589. The molecule has 3 rings (SSSR count). The number of carbonyl (C=O) groups is 1. The molecule has 0 spiro atoms. The van der Waals surface area contributed by atoms with Crippen LogP contribution in [0.15, 0.2) is 18.6 Å². The fourth-order valence-corrected chi connectivity index (χ4v) is 4.20. The van der Waals surface area contributed by atoms with Gasteiger partial charge in [0.2, 0.25) is 0 Å². The number of aliphatic hydroxyl groups excluding tert-OH is 1. The summed E-state index contributed by atoms with van der Waals surface area (Å²) in [6, 6.07) is 2.29. The number of esters is 1. The summed E-state index contributed by atoms with van der Waals surface area (Å²) in [7, 11) is 0. The zero-order chi connectivity index (χ0) is 19.8. The van der Waals surface area contributed by atoms with Crippen LogP contribution in [0.4, 0.5) is 5.82 Å². The Morgan fingerprint density at radius 3 is 2.75 bits per heavy atom. The van der Waals surface area contributed by atoms with Gasteiger partial charge in [0, 0.05) is 25.3 Å². The fourth-order valence-electron chi connectivity index (χ4n) is 4.20. The van der Waals surface area contributed by atoms with Crippen LogP contribution in [0.5, 0.6) is 0 Å². The van der Waals surface area contributed by atoms with E-state index >= 15 is 0 Å². The Morgan fingerprint density at radius 2 is 2.11 bits per heavy atom. The van der Waals surface area contributed by atoms with Gasteiger partial charge in [-0.1, -0.05) is 0 Å². The van der Waals surface area contributed by atoms with Crippen LogP contribution >= 0.6 is 0 Å². The number of nitrogens with zero attached hydrogens (tertiary/aromatic N) is 4. The molecule has 156 valence electrons. The number of ether oxygens (including phenoxy) is 1. The van der Waals surface area contributed by atoms with Gasteiger partial charge in [0.15, 0.2) is 0 Å². The van der Waals surface area contributed by atoms with Gasteiger partial charge in [0.05, 0.1) is 18.6 Å². The molecule has 0 aromatic carbocycles. The number of nitrogens with one attached hydrogen (secondary N) is 1. The van der Waals surface area contributed by atoms with Crippen molar-refractivity contribution >= 4 is 11.8 Å². The van der Waals surface area contributed by atoms with E-state index in [0.29, 0.717) is 25.7 Å². The van der Waals surface area contributed by atoms with Crippen LogP contribution in [0, 0.1) is 5.92 Å². The summed E-state index contributed by atoms with van der Waals surface area (Å²) >= 11 is 0. The highest BCUT2D eigenvalue weighted by atomic mass is 16.5. The lowest BCUT2D eigenvalue weighted by atomic mass is 9.96. The van der Waals surface area contributed by atoms with Crippen LogP contribution in [-0.2, 0) is 9.53 Å². The molecular formula is C20H33N5O3. The molecule has 8 nitrogen and oxygen atoms in total. The summed E-state index contributed by atoms with van der Waals surface area (Å²) < 4.78 is 5.14. The zero-order valence-electron chi connectivity index (χ0n) is 16.8. The van der Waals surface area contributed by atoms with Crippen LogP contribution in [-0.4, -0.2) is 84.0 Å². The Hall–Kier alpha value is -1.77. The Kier molecular flexibility index (Phi) is 8.00. The predicted octanol–water partition coefficient (Wildman–Crippen LogP) is 0.671. The molecule has 1 aromatic heterocycles. The number of aliphatic hydroxyl groups is 1. The van der Waals surface area contributed by atoms with Crippen molar-refractivity contribution in [3.63, 3.8) is 0 Å². The summed E-state index contributed by atoms with van der Waals surface area (Å²) in [5, 5.41) is 14.2. The molecular weight excluding hydrogens is 358 g/mol. The van der Waals surface area contributed by atoms with E-state index in [-0.39, 0.29) is 11.9 Å². The van der Waals surface area contributed by atoms with Gasteiger partial charge in [-0.15, -0.1) is 0 Å². The molecule has 2 N–H and O–H groups in total. The number of likely N-dealkylation sites (tertiary alicyclic amines) is 1. The Morgan fingerprint density at radius 1 is 1.36 bits per heavy atom. The first-order chi connectivity index (χ1) is 13.7. The molecule has 2 aliphatic heterocycles. The fraction of sp³-hybridized carbons (Fsp3) is 0.750. The number of β-amino-alcohol motifs (C(OH)–C–C–N with tert-alkyl or cyclic N) is 1. The summed E-state index contributed by atoms with van der Waals surface area (Å²) in [5.74, 6) is 0.797. The quantitative estimate of drug-likeness (QED) is 0.625. The standard InChI is InChI=1S/C20H33N5O3/c1-2-28-20(27)16-6-11-24(12-7-16)13-18(26)14-25(17-3-8-21-9-4-17)19-5-10-22-15-23-19/h5,10,15-18,21,26H,2-4,6-9,11-14H2,1H3. The number of piperidine rings is 2. The van der Waals surface area contributed by atoms with Crippen molar-refractivity contribution in [1.82, 2.24) is 20.2 Å². The summed E-state index contributed by atoms with van der Waals surface area (Å²) in [4.78, 5) is 24.8. The van der Waals surface area contributed by atoms with E-state index in [4.69, 9.17) is 4.74 Å². The van der Waals surface area contributed by atoms with Gasteiger partial charge in [0.25, 0.3) is 0 Å². The van der Waals surface area contributed by atoms with E-state index in [0.717, 1.165) is 57.7 Å². The second-order valence-electron chi connectivity index (χ2n) is 7.68. The lowest BCUT2D eigenvalue weighted by Gasteiger charge is -2.38. The summed E-state index contributed by atoms with van der Waals surface area (Å²) in [6.07, 6.45) is 6.54. The molecule has 1 atom stereocenters. The lowest BCUT2D eigenvalue weighted by molar-refractivity contribution is -0.149. The highest BCUT2D eigenvalue weighted by molar-refractivity contribution is 5.72. The van der Waals surface area contributed by atoms with Crippen molar-refractivity contribution in [3.05, 3.63) is 18.6 Å². The molecule has 2 saturated heterocycles. The largest absolute Gasteiger partial charge is 0.466 e. The summed E-state index contributed by atoms with van der Waals surface area (Å²) in [6.45, 7) is 7.07. The van der Waals surface area contributed by atoms with Gasteiger partial charge < -0.3 is 25.0 Å². The number of anilines is 1. The van der Waals surface area contributed by atoms with Gasteiger partial charge in [0.1, 0.15) is 12.1 Å². The lowest BCUT2D eigenvalue weighted by Crippen LogP contribution is -2.49. The Balaban J connectivity index is 1.53. The monoisotopic (exact) mass is 391 g/mol. The Labute approximate surface area is 167 Å². The summed E-state index contributed by atoms with van der Waals surface area (Å²) in [5.41, 5.74) is 0. The van der Waals surface area contributed by atoms with Gasteiger partial charge in [-0.25, -0.2) is 9.97 Å². The minimum Gasteiger partial charge on any atom is -0.466 e.